The van der Waals surface area contributed by atoms with E-state index in [9.17, 15) is 8.42 Å². The lowest BCUT2D eigenvalue weighted by atomic mass is 9.99. The molecule has 1 heterocycles. The van der Waals surface area contributed by atoms with Crippen LogP contribution in [-0.2, 0) is 20.7 Å². The first kappa shape index (κ1) is 18.4. The number of rotatable bonds is 5. The van der Waals surface area contributed by atoms with Crippen LogP contribution in [0.4, 0.5) is 0 Å². The molecule has 1 aliphatic heterocycles. The highest BCUT2D eigenvalue weighted by Gasteiger charge is 2.28. The van der Waals surface area contributed by atoms with Crippen molar-refractivity contribution in [2.45, 2.75) is 44.1 Å². The first-order chi connectivity index (χ1) is 11.8. The summed E-state index contributed by atoms with van der Waals surface area (Å²) in [7, 11) is -3.78. The van der Waals surface area contributed by atoms with Crippen LogP contribution in [0.25, 0.3) is 0 Å². The van der Waals surface area contributed by atoms with Crippen molar-refractivity contribution in [3.8, 4) is 5.75 Å². The summed E-state index contributed by atoms with van der Waals surface area (Å²) < 4.78 is 36.6. The molecular formula is C19H21BrO4S. The van der Waals surface area contributed by atoms with E-state index in [1.165, 1.54) is 5.56 Å². The molecule has 2 aromatic carbocycles. The zero-order valence-corrected chi connectivity index (χ0v) is 16.9. The second-order valence-electron chi connectivity index (χ2n) is 6.64. The van der Waals surface area contributed by atoms with Gasteiger partial charge in [-0.2, -0.15) is 8.42 Å². The summed E-state index contributed by atoms with van der Waals surface area (Å²) in [4.78, 5) is 0.164. The minimum absolute atomic E-state index is 0.00561. The second kappa shape index (κ2) is 7.09. The number of ether oxygens (including phenoxy) is 1. The van der Waals surface area contributed by atoms with Crippen molar-refractivity contribution in [1.29, 1.82) is 0 Å². The molecule has 4 nitrogen and oxygen atoms in total. The van der Waals surface area contributed by atoms with Gasteiger partial charge in [0, 0.05) is 6.42 Å². The minimum atomic E-state index is -3.78. The molecular weight excluding hydrogens is 404 g/mol. The standard InChI is InChI=1S/C19H21BrO4S/c1-12(2)14-8-15-9-16(24-19(15)18(20)10-14)11-23-25(21,22)17-6-4-13(3)5-7-17/h4-8,10,12,16H,9,11H2,1-3H3. The molecule has 0 saturated carbocycles. The van der Waals surface area contributed by atoms with Crippen molar-refractivity contribution in [3.63, 3.8) is 0 Å². The van der Waals surface area contributed by atoms with Gasteiger partial charge >= 0.3 is 0 Å². The van der Waals surface area contributed by atoms with Crippen LogP contribution >= 0.6 is 15.9 Å². The highest BCUT2D eigenvalue weighted by atomic mass is 79.9. The molecule has 0 spiro atoms. The Balaban J connectivity index is 1.69. The Kier molecular flexibility index (Phi) is 5.23. The smallest absolute Gasteiger partial charge is 0.297 e. The summed E-state index contributed by atoms with van der Waals surface area (Å²) in [5.41, 5.74) is 3.31. The van der Waals surface area contributed by atoms with Gasteiger partial charge in [-0.1, -0.05) is 37.6 Å². The van der Waals surface area contributed by atoms with E-state index >= 15 is 0 Å². The summed E-state index contributed by atoms with van der Waals surface area (Å²) >= 11 is 3.54. The Hall–Kier alpha value is -1.37. The maximum absolute atomic E-state index is 12.3. The molecule has 0 bridgehead atoms. The van der Waals surface area contributed by atoms with Crippen molar-refractivity contribution < 1.29 is 17.3 Å². The third-order valence-corrected chi connectivity index (χ3v) is 6.15. The summed E-state index contributed by atoms with van der Waals surface area (Å²) in [6.07, 6.45) is 0.326. The number of fused-ring (bicyclic) bond motifs is 1. The Bertz CT molecular complexity index is 873. The minimum Gasteiger partial charge on any atom is -0.486 e. The first-order valence-electron chi connectivity index (χ1n) is 8.21. The molecule has 0 radical (unpaired) electrons. The maximum Gasteiger partial charge on any atom is 0.297 e. The largest absolute Gasteiger partial charge is 0.486 e. The first-order valence-corrected chi connectivity index (χ1v) is 10.4. The highest BCUT2D eigenvalue weighted by Crippen LogP contribution is 2.39. The van der Waals surface area contributed by atoms with Crippen LogP contribution in [0.15, 0.2) is 45.8 Å². The van der Waals surface area contributed by atoms with Gasteiger partial charge in [0.25, 0.3) is 10.1 Å². The van der Waals surface area contributed by atoms with Gasteiger partial charge in [-0.05, 0) is 58.1 Å². The highest BCUT2D eigenvalue weighted by molar-refractivity contribution is 9.10. The Morgan fingerprint density at radius 3 is 2.56 bits per heavy atom. The molecule has 25 heavy (non-hydrogen) atoms. The van der Waals surface area contributed by atoms with E-state index in [0.29, 0.717) is 12.3 Å². The lowest BCUT2D eigenvalue weighted by Gasteiger charge is -2.12. The van der Waals surface area contributed by atoms with Gasteiger partial charge in [-0.3, -0.25) is 4.18 Å². The number of benzene rings is 2. The van der Waals surface area contributed by atoms with E-state index in [0.717, 1.165) is 21.3 Å². The van der Waals surface area contributed by atoms with Crippen LogP contribution in [0.1, 0.15) is 36.5 Å². The lowest BCUT2D eigenvalue weighted by molar-refractivity contribution is 0.151. The molecule has 0 fully saturated rings. The van der Waals surface area contributed by atoms with E-state index < -0.39 is 10.1 Å². The molecule has 2 aromatic rings. The SMILES string of the molecule is Cc1ccc(S(=O)(=O)OCC2Cc3cc(C(C)C)cc(Br)c3O2)cc1. The summed E-state index contributed by atoms with van der Waals surface area (Å²) in [6.45, 7) is 6.18. The molecule has 0 aromatic heterocycles. The monoisotopic (exact) mass is 424 g/mol. The molecule has 0 amide bonds. The normalized spacial score (nSPS) is 16.8. The van der Waals surface area contributed by atoms with Crippen LogP contribution in [0.5, 0.6) is 5.75 Å². The fourth-order valence-corrected chi connectivity index (χ4v) is 4.32. The van der Waals surface area contributed by atoms with Crippen molar-refractivity contribution in [3.05, 3.63) is 57.6 Å². The van der Waals surface area contributed by atoms with Gasteiger partial charge in [0.2, 0.25) is 0 Å². The van der Waals surface area contributed by atoms with E-state index in [-0.39, 0.29) is 17.6 Å². The molecule has 1 atom stereocenters. The average molecular weight is 425 g/mol. The number of hydrogen-bond acceptors (Lipinski definition) is 4. The van der Waals surface area contributed by atoms with Gasteiger partial charge < -0.3 is 4.74 Å². The van der Waals surface area contributed by atoms with Gasteiger partial charge in [0.1, 0.15) is 18.5 Å². The van der Waals surface area contributed by atoms with Crippen LogP contribution in [0.3, 0.4) is 0 Å². The van der Waals surface area contributed by atoms with E-state index in [1.54, 1.807) is 24.3 Å². The van der Waals surface area contributed by atoms with E-state index in [1.807, 2.05) is 6.92 Å². The van der Waals surface area contributed by atoms with Gasteiger partial charge in [0.15, 0.2) is 0 Å². The molecule has 0 saturated heterocycles. The Morgan fingerprint density at radius 1 is 1.24 bits per heavy atom. The van der Waals surface area contributed by atoms with Gasteiger partial charge in [0.05, 0.1) is 9.37 Å². The maximum atomic E-state index is 12.3. The number of halogens is 1. The summed E-state index contributed by atoms with van der Waals surface area (Å²) in [5, 5.41) is 0. The Labute approximate surface area is 157 Å². The van der Waals surface area contributed by atoms with Crippen molar-refractivity contribution in [2.24, 2.45) is 0 Å². The summed E-state index contributed by atoms with van der Waals surface area (Å²) in [5.74, 6) is 1.20. The van der Waals surface area contributed by atoms with Crippen LogP contribution in [0.2, 0.25) is 0 Å². The molecule has 3 rings (SSSR count). The van der Waals surface area contributed by atoms with E-state index in [2.05, 4.69) is 41.9 Å². The van der Waals surface area contributed by atoms with Crippen molar-refractivity contribution >= 4 is 26.0 Å². The molecule has 134 valence electrons. The molecule has 1 unspecified atom stereocenters. The van der Waals surface area contributed by atoms with E-state index in [4.69, 9.17) is 8.92 Å². The molecule has 0 aliphatic carbocycles. The Morgan fingerprint density at radius 2 is 1.92 bits per heavy atom. The average Bonchev–Trinajstić information content (AvgIpc) is 2.97. The zero-order chi connectivity index (χ0) is 18.2. The topological polar surface area (TPSA) is 52.6 Å². The number of aryl methyl sites for hydroxylation is 1. The fourth-order valence-electron chi connectivity index (χ4n) is 2.78. The zero-order valence-electron chi connectivity index (χ0n) is 14.5. The van der Waals surface area contributed by atoms with Crippen molar-refractivity contribution in [2.75, 3.05) is 6.61 Å². The molecule has 1 aliphatic rings. The third kappa shape index (κ3) is 4.07. The van der Waals surface area contributed by atoms with Crippen LogP contribution in [-0.4, -0.2) is 21.1 Å². The predicted molar refractivity (Wildman–Crippen MR) is 101 cm³/mol. The van der Waals surface area contributed by atoms with Gasteiger partial charge in [-0.25, -0.2) is 0 Å². The predicted octanol–water partition coefficient (Wildman–Crippen LogP) is 4.59. The molecule has 6 heteroatoms. The van der Waals surface area contributed by atoms with Gasteiger partial charge in [-0.15, -0.1) is 0 Å². The summed E-state index contributed by atoms with van der Waals surface area (Å²) in [6, 6.07) is 10.8. The molecule has 0 N–H and O–H groups in total. The van der Waals surface area contributed by atoms with Crippen molar-refractivity contribution in [1.82, 2.24) is 0 Å². The lowest BCUT2D eigenvalue weighted by Crippen LogP contribution is -2.23. The quantitative estimate of drug-likeness (QED) is 0.658. The van der Waals surface area contributed by atoms with Crippen LogP contribution in [0, 0.1) is 6.92 Å². The van der Waals surface area contributed by atoms with Crippen LogP contribution < -0.4 is 4.74 Å². The fraction of sp³-hybridized carbons (Fsp3) is 0.368. The third-order valence-electron chi connectivity index (χ3n) is 4.26. The second-order valence-corrected chi connectivity index (χ2v) is 9.11. The number of hydrogen-bond donors (Lipinski definition) is 0.